The zero-order chi connectivity index (χ0) is 0. The third-order valence-corrected chi connectivity index (χ3v) is 0. The molecular weight excluding hydrogens is 172 g/mol. The van der Waals surface area contributed by atoms with Gasteiger partial charge in [0.15, 0.2) is 0 Å². The van der Waals surface area contributed by atoms with Crippen LogP contribution in [0.2, 0.25) is 0 Å². The van der Waals surface area contributed by atoms with Crippen LogP contribution in [-0.4, -0.2) is 16.8 Å². The number of hydrogen-bond donors (Lipinski definition) is 0. The maximum absolute atomic E-state index is 0. The Morgan fingerprint density at radius 1 is 0.750 bits per heavy atom. The topological polar surface area (TPSA) is 0 Å². The van der Waals surface area contributed by atoms with Crippen LogP contribution in [0.3, 0.4) is 0 Å². The summed E-state index contributed by atoms with van der Waals surface area (Å²) in [4.78, 5) is 0. The standard InChI is InChI=1S/2BH4.I.Na/h2*1H4;;/q2*-1;2*+1. The Balaban J connectivity index is 0. The van der Waals surface area contributed by atoms with E-state index in [1.54, 1.807) is 0 Å². The molecular formula is H8B2INa. The molecule has 22 valence electrons. The van der Waals surface area contributed by atoms with Crippen LogP contribution < -0.4 is 53.5 Å². The average Bonchev–Trinajstić information content (AvgIpc) is 0. The molecule has 0 aromatic carbocycles. The van der Waals surface area contributed by atoms with Gasteiger partial charge in [-0.3, -0.25) is 0 Å². The van der Waals surface area contributed by atoms with Crippen LogP contribution in [-0.2, 0) is 0 Å². The van der Waals surface area contributed by atoms with Crippen molar-refractivity contribution >= 4 is 16.8 Å². The second kappa shape index (κ2) is 20.9. The van der Waals surface area contributed by atoms with Gasteiger partial charge in [-0.15, -0.1) is 0 Å². The van der Waals surface area contributed by atoms with Crippen molar-refractivity contribution in [2.45, 2.75) is 0 Å². The summed E-state index contributed by atoms with van der Waals surface area (Å²) < 4.78 is 0. The van der Waals surface area contributed by atoms with Gasteiger partial charge < -0.3 is 0 Å². The molecule has 0 spiro atoms. The first-order valence-corrected chi connectivity index (χ1v) is 0. The summed E-state index contributed by atoms with van der Waals surface area (Å²) in [7, 11) is 0. The van der Waals surface area contributed by atoms with Crippen LogP contribution in [0.5, 0.6) is 0 Å². The molecule has 0 heterocycles. The quantitative estimate of drug-likeness (QED) is 0.256. The minimum absolute atomic E-state index is 0. The predicted octanol–water partition coefficient (Wildman–Crippen LogP) is -8.90. The van der Waals surface area contributed by atoms with Crippen molar-refractivity contribution in [3.05, 3.63) is 0 Å². The van der Waals surface area contributed by atoms with Crippen molar-refractivity contribution in [1.29, 1.82) is 0 Å². The molecule has 0 aliphatic carbocycles. The maximum Gasteiger partial charge on any atom is 1.00 e. The fourth-order valence-electron chi connectivity index (χ4n) is 0. The van der Waals surface area contributed by atoms with E-state index in [9.17, 15) is 0 Å². The SMILES string of the molecule is [BH4-].[BH4-].[I+].[Na+]. The number of hydrogen-bond acceptors (Lipinski definition) is 0. The molecule has 4 heavy (non-hydrogen) atoms. The van der Waals surface area contributed by atoms with E-state index in [1.807, 2.05) is 0 Å². The molecule has 0 nitrogen and oxygen atoms in total. The van der Waals surface area contributed by atoms with E-state index < -0.39 is 0 Å². The normalized spacial score (nSPS) is 0. The summed E-state index contributed by atoms with van der Waals surface area (Å²) in [6.07, 6.45) is 0. The largest absolute Gasteiger partial charge is 1.00 e. The van der Waals surface area contributed by atoms with Gasteiger partial charge >= 0.3 is 53.5 Å². The summed E-state index contributed by atoms with van der Waals surface area (Å²) >= 11 is 0. The minimum atomic E-state index is 0. The first kappa shape index (κ1) is 40.0. The van der Waals surface area contributed by atoms with E-state index in [4.69, 9.17) is 0 Å². The Hall–Kier alpha value is 1.86. The predicted molar refractivity (Wildman–Crippen MR) is 22.7 cm³/mol. The van der Waals surface area contributed by atoms with Crippen molar-refractivity contribution in [2.24, 2.45) is 0 Å². The van der Waals surface area contributed by atoms with E-state index in [0.717, 1.165) is 0 Å². The van der Waals surface area contributed by atoms with Gasteiger partial charge in [0.25, 0.3) is 0 Å². The molecule has 0 saturated heterocycles. The molecule has 0 saturated carbocycles. The fraction of sp³-hybridized carbons (Fsp3) is 0. The maximum atomic E-state index is 0. The molecule has 4 heteroatoms. The van der Waals surface area contributed by atoms with Gasteiger partial charge in [0.05, 0.1) is 0 Å². The van der Waals surface area contributed by atoms with Crippen molar-refractivity contribution < 1.29 is 53.5 Å². The molecule has 0 fully saturated rings. The summed E-state index contributed by atoms with van der Waals surface area (Å²) in [6.45, 7) is 0. The van der Waals surface area contributed by atoms with E-state index in [0.29, 0.717) is 0 Å². The molecule has 0 bridgehead atoms. The van der Waals surface area contributed by atoms with Crippen LogP contribution in [0.25, 0.3) is 0 Å². The van der Waals surface area contributed by atoms with Crippen LogP contribution in [0, 0.1) is 0 Å². The first-order chi connectivity index (χ1) is 0. The second-order valence-electron chi connectivity index (χ2n) is 0. The van der Waals surface area contributed by atoms with Gasteiger partial charge in [-0.1, -0.05) is 16.8 Å². The van der Waals surface area contributed by atoms with Crippen LogP contribution >= 0.6 is 0 Å². The molecule has 0 aliphatic rings. The summed E-state index contributed by atoms with van der Waals surface area (Å²) in [5.74, 6) is 0. The Morgan fingerprint density at radius 3 is 0.750 bits per heavy atom. The molecule has 0 aliphatic heterocycles. The van der Waals surface area contributed by atoms with Crippen LogP contribution in [0.4, 0.5) is 0 Å². The smallest absolute Gasteiger partial charge is 0.0626 e. The minimum Gasteiger partial charge on any atom is -0.0626 e. The van der Waals surface area contributed by atoms with Crippen LogP contribution in [0.15, 0.2) is 0 Å². The molecule has 0 rings (SSSR count). The molecule has 0 N–H and O–H groups in total. The number of halogens is 1. The van der Waals surface area contributed by atoms with Gasteiger partial charge in [0.2, 0.25) is 0 Å². The van der Waals surface area contributed by atoms with Gasteiger partial charge in [-0.05, 0) is 0 Å². The summed E-state index contributed by atoms with van der Waals surface area (Å²) in [5, 5.41) is 0. The average molecular weight is 180 g/mol. The zero-order valence-corrected chi connectivity index (χ0v) is 5.54. The molecule has 0 atom stereocenters. The Morgan fingerprint density at radius 2 is 0.750 bits per heavy atom. The zero-order valence-electron chi connectivity index (χ0n) is 1.38. The molecule has 0 amide bonds. The second-order valence-corrected chi connectivity index (χ2v) is 0. The molecule has 2 radical (unpaired) electrons. The summed E-state index contributed by atoms with van der Waals surface area (Å²) in [6, 6.07) is 0. The third kappa shape index (κ3) is 9.13. The van der Waals surface area contributed by atoms with Gasteiger partial charge in [0, 0.05) is 0 Å². The van der Waals surface area contributed by atoms with Crippen molar-refractivity contribution in [1.82, 2.24) is 0 Å². The molecule has 0 unspecified atom stereocenters. The van der Waals surface area contributed by atoms with E-state index in [-0.39, 0.29) is 70.4 Å². The molecule has 0 aromatic heterocycles. The monoisotopic (exact) mass is 180 g/mol. The Labute approximate surface area is 69.6 Å². The Bertz CT molecular complexity index is 6.00. The fourth-order valence-corrected chi connectivity index (χ4v) is 0. The van der Waals surface area contributed by atoms with Crippen molar-refractivity contribution in [2.75, 3.05) is 0 Å². The van der Waals surface area contributed by atoms with Crippen molar-refractivity contribution in [3.8, 4) is 0 Å². The third-order valence-electron chi connectivity index (χ3n) is 0. The number of rotatable bonds is 0. The summed E-state index contributed by atoms with van der Waals surface area (Å²) in [5.41, 5.74) is 0. The first-order valence-electron chi connectivity index (χ1n) is 0. The van der Waals surface area contributed by atoms with E-state index in [2.05, 4.69) is 0 Å². The van der Waals surface area contributed by atoms with Crippen molar-refractivity contribution in [3.63, 3.8) is 0 Å². The Kier molecular flexibility index (Phi) is 209. The van der Waals surface area contributed by atoms with Gasteiger partial charge in [-0.25, -0.2) is 0 Å². The van der Waals surface area contributed by atoms with Gasteiger partial charge in [-0.2, -0.15) is 0 Å². The molecule has 0 aromatic rings. The van der Waals surface area contributed by atoms with Gasteiger partial charge in [0.1, 0.15) is 0 Å². The van der Waals surface area contributed by atoms with E-state index >= 15 is 0 Å². The van der Waals surface area contributed by atoms with Crippen LogP contribution in [0.1, 0.15) is 0 Å². The van der Waals surface area contributed by atoms with E-state index in [1.165, 1.54) is 0 Å².